The van der Waals surface area contributed by atoms with Crippen molar-refractivity contribution in [3.05, 3.63) is 45.9 Å². The first kappa shape index (κ1) is 14.9. The van der Waals surface area contributed by atoms with Gasteiger partial charge >= 0.3 is 5.69 Å². The molecule has 0 radical (unpaired) electrons. The summed E-state index contributed by atoms with van der Waals surface area (Å²) in [7, 11) is 0. The van der Waals surface area contributed by atoms with Crippen LogP contribution in [0.4, 0.5) is 14.6 Å². The van der Waals surface area contributed by atoms with Gasteiger partial charge in [-0.2, -0.15) is 4.98 Å². The Balaban J connectivity index is 1.69. The van der Waals surface area contributed by atoms with Gasteiger partial charge in [0.2, 0.25) is 5.75 Å². The Morgan fingerprint density at radius 3 is 3.00 bits per heavy atom. The first-order chi connectivity index (χ1) is 11.6. The zero-order valence-corrected chi connectivity index (χ0v) is 12.8. The van der Waals surface area contributed by atoms with Gasteiger partial charge in [0.1, 0.15) is 13.2 Å². The van der Waals surface area contributed by atoms with Crippen LogP contribution in [0.1, 0.15) is 12.0 Å². The number of ether oxygens (including phenoxy) is 2. The first-order valence-corrected chi connectivity index (χ1v) is 7.73. The van der Waals surface area contributed by atoms with E-state index in [1.165, 1.54) is 12.1 Å². The van der Waals surface area contributed by atoms with E-state index in [0.717, 1.165) is 19.0 Å². The molecule has 0 saturated carbocycles. The standard InChI is InChI=1S/C16H15F2N3O3/c17-11-4-1-3-10(12(11)18)9-24-14-13-15-20(7-8-23-13)5-2-6-21(15)16(22)19-14/h1,3-4H,2,5-9H2. The van der Waals surface area contributed by atoms with E-state index in [1.807, 2.05) is 0 Å². The largest absolute Gasteiger partial charge is 0.483 e. The van der Waals surface area contributed by atoms with Crippen LogP contribution in [-0.4, -0.2) is 29.2 Å². The van der Waals surface area contributed by atoms with E-state index in [2.05, 4.69) is 9.88 Å². The highest BCUT2D eigenvalue weighted by molar-refractivity contribution is 5.60. The van der Waals surface area contributed by atoms with Crippen LogP contribution in [0, 0.1) is 11.6 Å². The molecule has 1 aromatic heterocycles. The average Bonchev–Trinajstić information content (AvgIpc) is 2.60. The fourth-order valence-electron chi connectivity index (χ4n) is 3.05. The first-order valence-electron chi connectivity index (χ1n) is 7.73. The molecule has 2 aliphatic heterocycles. The highest BCUT2D eigenvalue weighted by Gasteiger charge is 2.30. The Morgan fingerprint density at radius 1 is 1.25 bits per heavy atom. The Hall–Kier alpha value is -2.64. The zero-order valence-electron chi connectivity index (χ0n) is 12.8. The summed E-state index contributed by atoms with van der Waals surface area (Å²) < 4.78 is 39.7. The van der Waals surface area contributed by atoms with Crippen molar-refractivity contribution >= 4 is 5.82 Å². The van der Waals surface area contributed by atoms with Crippen molar-refractivity contribution in [2.75, 3.05) is 24.6 Å². The quantitative estimate of drug-likeness (QED) is 0.855. The highest BCUT2D eigenvalue weighted by atomic mass is 19.2. The second-order valence-electron chi connectivity index (χ2n) is 5.69. The molecular weight excluding hydrogens is 320 g/mol. The number of aromatic nitrogens is 2. The summed E-state index contributed by atoms with van der Waals surface area (Å²) in [5, 5.41) is 0. The second-order valence-corrected chi connectivity index (χ2v) is 5.69. The van der Waals surface area contributed by atoms with E-state index in [-0.39, 0.29) is 18.1 Å². The van der Waals surface area contributed by atoms with Crippen LogP contribution in [0.25, 0.3) is 0 Å². The minimum absolute atomic E-state index is 0.0153. The monoisotopic (exact) mass is 335 g/mol. The van der Waals surface area contributed by atoms with E-state index < -0.39 is 17.3 Å². The third-order valence-electron chi connectivity index (χ3n) is 4.19. The fraction of sp³-hybridized carbons (Fsp3) is 0.375. The van der Waals surface area contributed by atoms with Crippen LogP contribution in [-0.2, 0) is 13.2 Å². The number of anilines is 1. The molecule has 4 rings (SSSR count). The van der Waals surface area contributed by atoms with Crippen molar-refractivity contribution in [1.29, 1.82) is 0 Å². The van der Waals surface area contributed by atoms with Crippen LogP contribution >= 0.6 is 0 Å². The highest BCUT2D eigenvalue weighted by Crippen LogP contribution is 2.39. The maximum atomic E-state index is 13.7. The molecule has 2 aromatic rings. The summed E-state index contributed by atoms with van der Waals surface area (Å²) in [5.74, 6) is -0.859. The minimum atomic E-state index is -0.969. The molecule has 1 aromatic carbocycles. The summed E-state index contributed by atoms with van der Waals surface area (Å²) in [6, 6.07) is 3.85. The maximum Gasteiger partial charge on any atom is 0.352 e. The normalized spacial score (nSPS) is 15.7. The Bertz CT molecular complexity index is 851. The number of halogens is 2. The van der Waals surface area contributed by atoms with Crippen molar-refractivity contribution in [2.24, 2.45) is 0 Å². The van der Waals surface area contributed by atoms with Crippen molar-refractivity contribution in [3.8, 4) is 11.6 Å². The molecule has 24 heavy (non-hydrogen) atoms. The van der Waals surface area contributed by atoms with Gasteiger partial charge in [-0.25, -0.2) is 13.6 Å². The van der Waals surface area contributed by atoms with Crippen LogP contribution in [0.15, 0.2) is 23.0 Å². The van der Waals surface area contributed by atoms with E-state index in [0.29, 0.717) is 31.3 Å². The molecule has 0 bridgehead atoms. The van der Waals surface area contributed by atoms with Crippen molar-refractivity contribution < 1.29 is 18.3 Å². The maximum absolute atomic E-state index is 13.7. The summed E-state index contributed by atoms with van der Waals surface area (Å²) in [4.78, 5) is 18.2. The van der Waals surface area contributed by atoms with Gasteiger partial charge in [-0.1, -0.05) is 12.1 Å². The Morgan fingerprint density at radius 2 is 2.12 bits per heavy atom. The molecule has 126 valence electrons. The van der Waals surface area contributed by atoms with Crippen molar-refractivity contribution in [3.63, 3.8) is 0 Å². The Labute approximate surface area is 136 Å². The molecule has 0 amide bonds. The van der Waals surface area contributed by atoms with Gasteiger partial charge in [0.25, 0.3) is 5.88 Å². The molecule has 3 heterocycles. The predicted octanol–water partition coefficient (Wildman–Crippen LogP) is 1.70. The third-order valence-corrected chi connectivity index (χ3v) is 4.19. The van der Waals surface area contributed by atoms with Gasteiger partial charge in [0.15, 0.2) is 17.5 Å². The lowest BCUT2D eigenvalue weighted by atomic mass is 10.2. The molecule has 2 aliphatic rings. The van der Waals surface area contributed by atoms with Crippen LogP contribution < -0.4 is 20.1 Å². The molecule has 0 fully saturated rings. The Kier molecular flexibility index (Phi) is 3.59. The molecule has 6 nitrogen and oxygen atoms in total. The van der Waals surface area contributed by atoms with Crippen molar-refractivity contribution in [2.45, 2.75) is 19.6 Å². The fourth-order valence-corrected chi connectivity index (χ4v) is 3.05. The zero-order chi connectivity index (χ0) is 16.7. The lowest BCUT2D eigenvalue weighted by molar-refractivity contribution is 0.234. The number of hydrogen-bond donors (Lipinski definition) is 0. The van der Waals surface area contributed by atoms with Crippen LogP contribution in [0.3, 0.4) is 0 Å². The van der Waals surface area contributed by atoms with Crippen molar-refractivity contribution in [1.82, 2.24) is 9.55 Å². The number of hydrogen-bond acceptors (Lipinski definition) is 5. The molecule has 0 atom stereocenters. The van der Waals surface area contributed by atoms with Gasteiger partial charge in [-0.3, -0.25) is 4.57 Å². The van der Waals surface area contributed by atoms with E-state index >= 15 is 0 Å². The topological polar surface area (TPSA) is 56.6 Å². The molecule has 8 heteroatoms. The number of nitrogens with zero attached hydrogens (tertiary/aromatic N) is 3. The predicted molar refractivity (Wildman–Crippen MR) is 81.5 cm³/mol. The van der Waals surface area contributed by atoms with Gasteiger partial charge < -0.3 is 14.4 Å². The third kappa shape index (κ3) is 2.38. The van der Waals surface area contributed by atoms with E-state index in [9.17, 15) is 13.6 Å². The van der Waals surface area contributed by atoms with E-state index in [1.54, 1.807) is 4.57 Å². The SMILES string of the molecule is O=c1nc(OCc2cccc(F)c2F)c2c3n1CCCN3CCO2. The number of rotatable bonds is 3. The molecule has 0 N–H and O–H groups in total. The van der Waals surface area contributed by atoms with Crippen LogP contribution in [0.5, 0.6) is 11.6 Å². The molecule has 0 saturated heterocycles. The molecule has 0 unspecified atom stereocenters. The summed E-state index contributed by atoms with van der Waals surface area (Å²) in [6.45, 7) is 2.31. The minimum Gasteiger partial charge on any atom is -0.483 e. The van der Waals surface area contributed by atoms with Gasteiger partial charge in [-0.05, 0) is 12.5 Å². The lowest BCUT2D eigenvalue weighted by Gasteiger charge is -2.36. The smallest absolute Gasteiger partial charge is 0.352 e. The molecular formula is C16H15F2N3O3. The van der Waals surface area contributed by atoms with Crippen LogP contribution in [0.2, 0.25) is 0 Å². The second kappa shape index (κ2) is 5.77. The summed E-state index contributed by atoms with van der Waals surface area (Å²) in [6.07, 6.45) is 0.864. The van der Waals surface area contributed by atoms with Gasteiger partial charge in [-0.15, -0.1) is 0 Å². The lowest BCUT2D eigenvalue weighted by Crippen LogP contribution is -2.43. The van der Waals surface area contributed by atoms with Gasteiger partial charge in [0, 0.05) is 18.7 Å². The summed E-state index contributed by atoms with van der Waals surface area (Å²) in [5.41, 5.74) is -0.381. The number of benzene rings is 1. The molecule has 0 spiro atoms. The van der Waals surface area contributed by atoms with E-state index in [4.69, 9.17) is 9.47 Å². The van der Waals surface area contributed by atoms with Gasteiger partial charge in [0.05, 0.1) is 6.54 Å². The molecule has 0 aliphatic carbocycles. The summed E-state index contributed by atoms with van der Waals surface area (Å²) >= 11 is 0. The average molecular weight is 335 g/mol.